The lowest BCUT2D eigenvalue weighted by atomic mass is 10.2. The molecule has 0 saturated heterocycles. The zero-order valence-electron chi connectivity index (χ0n) is 12.4. The van der Waals surface area contributed by atoms with E-state index in [-0.39, 0.29) is 11.8 Å². The van der Waals surface area contributed by atoms with Crippen LogP contribution in [0.3, 0.4) is 0 Å². The van der Waals surface area contributed by atoms with Crippen molar-refractivity contribution in [1.29, 1.82) is 0 Å². The Bertz CT molecular complexity index is 802. The van der Waals surface area contributed by atoms with E-state index in [0.717, 1.165) is 5.56 Å². The molecule has 1 N–H and O–H groups in total. The van der Waals surface area contributed by atoms with Crippen LogP contribution in [0.15, 0.2) is 53.2 Å². The maximum Gasteiger partial charge on any atom is 0.309 e. The molecule has 3 aromatic rings. The predicted molar refractivity (Wildman–Crippen MR) is 81.7 cm³/mol. The van der Waals surface area contributed by atoms with E-state index in [2.05, 4.69) is 20.5 Å². The average molecular weight is 310 g/mol. The van der Waals surface area contributed by atoms with Crippen molar-refractivity contribution in [2.45, 2.75) is 6.54 Å². The number of carbonyl (C=O) groups excluding carboxylic acids is 1. The van der Waals surface area contributed by atoms with Crippen molar-refractivity contribution < 1.29 is 13.9 Å². The van der Waals surface area contributed by atoms with Crippen LogP contribution in [-0.4, -0.2) is 28.2 Å². The highest BCUT2D eigenvalue weighted by Crippen LogP contribution is 2.28. The molecule has 0 aliphatic rings. The van der Waals surface area contributed by atoms with Gasteiger partial charge in [-0.15, -0.1) is 10.2 Å². The second kappa shape index (κ2) is 6.69. The summed E-state index contributed by atoms with van der Waals surface area (Å²) in [5, 5.41) is 10.4. The molecule has 0 unspecified atom stereocenters. The zero-order chi connectivity index (χ0) is 16.1. The van der Waals surface area contributed by atoms with Crippen LogP contribution in [0.1, 0.15) is 16.2 Å². The number of carbonyl (C=O) groups is 1. The average Bonchev–Trinajstić information content (AvgIpc) is 3.10. The molecule has 116 valence electrons. The number of ether oxygens (including phenoxy) is 1. The summed E-state index contributed by atoms with van der Waals surface area (Å²) in [6, 6.07) is 10.8. The number of hydrogen-bond acceptors (Lipinski definition) is 6. The van der Waals surface area contributed by atoms with Crippen molar-refractivity contribution in [1.82, 2.24) is 20.5 Å². The second-order valence-electron chi connectivity index (χ2n) is 4.65. The van der Waals surface area contributed by atoms with Crippen molar-refractivity contribution in [3.8, 4) is 17.2 Å². The van der Waals surface area contributed by atoms with E-state index in [1.807, 2.05) is 24.3 Å². The summed E-state index contributed by atoms with van der Waals surface area (Å²) < 4.78 is 10.7. The monoisotopic (exact) mass is 310 g/mol. The van der Waals surface area contributed by atoms with Crippen LogP contribution >= 0.6 is 0 Å². The molecule has 0 bridgehead atoms. The summed E-state index contributed by atoms with van der Waals surface area (Å²) in [6.45, 7) is 0.355. The Kier molecular flexibility index (Phi) is 4.28. The quantitative estimate of drug-likeness (QED) is 0.776. The Hall–Kier alpha value is -3.22. The minimum absolute atomic E-state index is 0.0973. The number of para-hydroxylation sites is 1. The number of hydrogen-bond donors (Lipinski definition) is 1. The number of nitrogens with zero attached hydrogens (tertiary/aromatic N) is 3. The summed E-state index contributed by atoms with van der Waals surface area (Å²) in [4.78, 5) is 16.0. The lowest BCUT2D eigenvalue weighted by Crippen LogP contribution is -2.23. The molecule has 7 nitrogen and oxygen atoms in total. The molecule has 0 atom stereocenters. The molecular formula is C16H14N4O3. The Morgan fingerprint density at radius 3 is 2.74 bits per heavy atom. The molecule has 2 aromatic heterocycles. The van der Waals surface area contributed by atoms with E-state index in [4.69, 9.17) is 9.15 Å². The highest BCUT2D eigenvalue weighted by molar-refractivity contribution is 5.89. The summed E-state index contributed by atoms with van der Waals surface area (Å²) in [7, 11) is 1.55. The van der Waals surface area contributed by atoms with Gasteiger partial charge in [-0.2, -0.15) is 0 Å². The highest BCUT2D eigenvalue weighted by Gasteiger charge is 2.17. The van der Waals surface area contributed by atoms with Crippen molar-refractivity contribution in [3.05, 3.63) is 60.2 Å². The number of nitrogens with one attached hydrogen (secondary N) is 1. The predicted octanol–water partition coefficient (Wildman–Crippen LogP) is 2.07. The van der Waals surface area contributed by atoms with Gasteiger partial charge in [-0.3, -0.25) is 9.78 Å². The van der Waals surface area contributed by atoms with Gasteiger partial charge in [0, 0.05) is 18.9 Å². The van der Waals surface area contributed by atoms with Gasteiger partial charge in [-0.25, -0.2) is 0 Å². The molecule has 7 heteroatoms. The Balaban J connectivity index is 1.72. The van der Waals surface area contributed by atoms with Crippen molar-refractivity contribution in [2.24, 2.45) is 0 Å². The van der Waals surface area contributed by atoms with Gasteiger partial charge in [-0.05, 0) is 29.8 Å². The zero-order valence-corrected chi connectivity index (χ0v) is 12.4. The van der Waals surface area contributed by atoms with Crippen molar-refractivity contribution in [3.63, 3.8) is 0 Å². The lowest BCUT2D eigenvalue weighted by molar-refractivity contribution is 0.0916. The van der Waals surface area contributed by atoms with Crippen LogP contribution in [0.25, 0.3) is 11.5 Å². The smallest absolute Gasteiger partial charge is 0.309 e. The Labute approximate surface area is 132 Å². The second-order valence-corrected chi connectivity index (χ2v) is 4.65. The van der Waals surface area contributed by atoms with Gasteiger partial charge in [0.25, 0.3) is 5.89 Å². The fourth-order valence-corrected chi connectivity index (χ4v) is 2.00. The molecule has 0 spiro atoms. The third-order valence-electron chi connectivity index (χ3n) is 3.16. The summed E-state index contributed by atoms with van der Waals surface area (Å²) >= 11 is 0. The molecule has 0 aliphatic carbocycles. The fraction of sp³-hybridized carbons (Fsp3) is 0.125. The molecule has 0 fully saturated rings. The summed E-state index contributed by atoms with van der Waals surface area (Å²) in [5.41, 5.74) is 1.56. The number of pyridine rings is 1. The number of benzene rings is 1. The SMILES string of the molecule is COc1ccccc1-c1nnc(C(=O)NCc2ccncc2)o1. The minimum atomic E-state index is -0.435. The number of amides is 1. The van der Waals surface area contributed by atoms with Crippen molar-refractivity contribution >= 4 is 5.91 Å². The van der Waals surface area contributed by atoms with Crippen molar-refractivity contribution in [2.75, 3.05) is 7.11 Å². The normalized spacial score (nSPS) is 10.3. The van der Waals surface area contributed by atoms with Crippen LogP contribution < -0.4 is 10.1 Å². The van der Waals surface area contributed by atoms with Crippen LogP contribution in [0, 0.1) is 0 Å². The molecule has 0 saturated carbocycles. The van der Waals surface area contributed by atoms with Gasteiger partial charge in [0.2, 0.25) is 0 Å². The molecule has 1 amide bonds. The van der Waals surface area contributed by atoms with Gasteiger partial charge < -0.3 is 14.5 Å². The number of methoxy groups -OCH3 is 1. The molecule has 0 radical (unpaired) electrons. The Morgan fingerprint density at radius 2 is 1.96 bits per heavy atom. The largest absolute Gasteiger partial charge is 0.496 e. The van der Waals surface area contributed by atoms with E-state index in [0.29, 0.717) is 17.9 Å². The molecule has 2 heterocycles. The molecular weight excluding hydrogens is 296 g/mol. The standard InChI is InChI=1S/C16H14N4O3/c1-22-13-5-3-2-4-12(13)15-19-20-16(23-15)14(21)18-10-11-6-8-17-9-7-11/h2-9H,10H2,1H3,(H,18,21). The van der Waals surface area contributed by atoms with E-state index in [9.17, 15) is 4.79 Å². The molecule has 1 aromatic carbocycles. The topological polar surface area (TPSA) is 90.1 Å². The maximum atomic E-state index is 12.1. The van der Waals surface area contributed by atoms with Crippen LogP contribution in [0.4, 0.5) is 0 Å². The van der Waals surface area contributed by atoms with Gasteiger partial charge in [0.15, 0.2) is 0 Å². The maximum absolute atomic E-state index is 12.1. The first-order valence-electron chi connectivity index (χ1n) is 6.92. The van der Waals surface area contributed by atoms with Gasteiger partial charge in [-0.1, -0.05) is 12.1 Å². The minimum Gasteiger partial charge on any atom is -0.496 e. The van der Waals surface area contributed by atoms with E-state index in [1.165, 1.54) is 0 Å². The van der Waals surface area contributed by atoms with Crippen LogP contribution in [0.2, 0.25) is 0 Å². The van der Waals surface area contributed by atoms with E-state index >= 15 is 0 Å². The first kappa shape index (κ1) is 14.7. The first-order valence-corrected chi connectivity index (χ1v) is 6.92. The summed E-state index contributed by atoms with van der Waals surface area (Å²) in [6.07, 6.45) is 3.32. The van der Waals surface area contributed by atoms with Gasteiger partial charge >= 0.3 is 11.8 Å². The summed E-state index contributed by atoms with van der Waals surface area (Å²) in [5.74, 6) is 0.298. The van der Waals surface area contributed by atoms with Gasteiger partial charge in [0.05, 0.1) is 12.7 Å². The fourth-order valence-electron chi connectivity index (χ4n) is 2.00. The number of rotatable bonds is 5. The van der Waals surface area contributed by atoms with Crippen LogP contribution in [0.5, 0.6) is 5.75 Å². The Morgan fingerprint density at radius 1 is 1.17 bits per heavy atom. The number of aromatic nitrogens is 3. The van der Waals surface area contributed by atoms with Gasteiger partial charge in [0.1, 0.15) is 5.75 Å². The molecule has 0 aliphatic heterocycles. The van der Waals surface area contributed by atoms with Crippen LogP contribution in [-0.2, 0) is 6.54 Å². The third-order valence-corrected chi connectivity index (χ3v) is 3.16. The van der Waals surface area contributed by atoms with E-state index in [1.54, 1.807) is 31.6 Å². The molecule has 23 heavy (non-hydrogen) atoms. The first-order chi connectivity index (χ1) is 11.3. The van der Waals surface area contributed by atoms with E-state index < -0.39 is 5.91 Å². The lowest BCUT2D eigenvalue weighted by Gasteiger charge is -2.03. The third kappa shape index (κ3) is 3.34. The highest BCUT2D eigenvalue weighted by atomic mass is 16.5. The molecule has 3 rings (SSSR count).